The minimum Gasteiger partial charge on any atom is -0.477 e. The summed E-state index contributed by atoms with van der Waals surface area (Å²) in [6.45, 7) is 8.92. The molecule has 1 heterocycles. The molecule has 116 valence electrons. The van der Waals surface area contributed by atoms with Crippen molar-refractivity contribution in [3.8, 4) is 0 Å². The molecule has 0 spiro atoms. The minimum atomic E-state index is -0.938. The largest absolute Gasteiger partial charge is 0.477 e. The van der Waals surface area contributed by atoms with Crippen LogP contribution >= 0.6 is 0 Å². The van der Waals surface area contributed by atoms with E-state index in [9.17, 15) is 9.59 Å². The lowest BCUT2D eigenvalue weighted by atomic mass is 9.92. The molecule has 4 heteroatoms. The number of hydrogen-bond acceptors (Lipinski definition) is 3. The molecule has 0 unspecified atom stereocenters. The molecule has 2 rings (SSSR count). The van der Waals surface area contributed by atoms with Gasteiger partial charge < -0.3 is 4.74 Å². The van der Waals surface area contributed by atoms with E-state index in [1.807, 2.05) is 30.3 Å². The van der Waals surface area contributed by atoms with Crippen molar-refractivity contribution in [3.63, 3.8) is 0 Å². The molecule has 1 aromatic rings. The molecule has 0 N–H and O–H groups in total. The first-order valence-corrected chi connectivity index (χ1v) is 7.25. The lowest BCUT2D eigenvalue weighted by Gasteiger charge is -2.40. The highest BCUT2D eigenvalue weighted by Gasteiger charge is 2.41. The van der Waals surface area contributed by atoms with Gasteiger partial charge in [-0.3, -0.25) is 14.5 Å². The van der Waals surface area contributed by atoms with Gasteiger partial charge in [0.05, 0.1) is 11.1 Å². The van der Waals surface area contributed by atoms with E-state index in [-0.39, 0.29) is 24.8 Å². The van der Waals surface area contributed by atoms with Crippen LogP contribution in [0.15, 0.2) is 48.7 Å². The summed E-state index contributed by atoms with van der Waals surface area (Å²) >= 11 is 0. The summed E-state index contributed by atoms with van der Waals surface area (Å²) in [5.74, 6) is 0.336. The van der Waals surface area contributed by atoms with Gasteiger partial charge in [0.15, 0.2) is 12.5 Å². The summed E-state index contributed by atoms with van der Waals surface area (Å²) in [6.07, 6.45) is 1.78. The number of ketones is 1. The normalized spacial score (nSPS) is 15.6. The standard InChI is InChI=1S/C18H21NO3/c1-5-9-15(20)18(3,4)19-12-22-13(2)16(17(19)21)14-10-7-6-8-11-14/h5-8,10-11H,1,9,12H2,2-4H3. The Bertz CT molecular complexity index is 629. The van der Waals surface area contributed by atoms with Crippen molar-refractivity contribution in [2.45, 2.75) is 32.7 Å². The van der Waals surface area contributed by atoms with Crippen LogP contribution in [0.1, 0.15) is 32.8 Å². The van der Waals surface area contributed by atoms with Crippen molar-refractivity contribution in [1.82, 2.24) is 4.90 Å². The van der Waals surface area contributed by atoms with E-state index in [1.165, 1.54) is 4.90 Å². The van der Waals surface area contributed by atoms with Crippen LogP contribution in [0, 0.1) is 0 Å². The van der Waals surface area contributed by atoms with Gasteiger partial charge in [0.25, 0.3) is 5.91 Å². The predicted molar refractivity (Wildman–Crippen MR) is 85.7 cm³/mol. The molecule has 1 amide bonds. The number of Topliss-reactive ketones (excluding diaryl/α,β-unsaturated/α-hetero) is 1. The van der Waals surface area contributed by atoms with E-state index in [0.717, 1.165) is 5.56 Å². The predicted octanol–water partition coefficient (Wildman–Crippen LogP) is 3.16. The van der Waals surface area contributed by atoms with E-state index >= 15 is 0 Å². The van der Waals surface area contributed by atoms with Gasteiger partial charge in [-0.25, -0.2) is 0 Å². The topological polar surface area (TPSA) is 46.6 Å². The smallest absolute Gasteiger partial charge is 0.261 e. The van der Waals surface area contributed by atoms with Gasteiger partial charge in [-0.2, -0.15) is 0 Å². The highest BCUT2D eigenvalue weighted by atomic mass is 16.5. The Morgan fingerprint density at radius 2 is 2.00 bits per heavy atom. The highest BCUT2D eigenvalue weighted by molar-refractivity contribution is 6.21. The number of ether oxygens (including phenoxy) is 1. The van der Waals surface area contributed by atoms with E-state index in [4.69, 9.17) is 4.74 Å². The van der Waals surface area contributed by atoms with Crippen molar-refractivity contribution in [1.29, 1.82) is 0 Å². The molecular formula is C18H21NO3. The second kappa shape index (κ2) is 6.18. The monoisotopic (exact) mass is 299 g/mol. The summed E-state index contributed by atoms with van der Waals surface area (Å²) in [6, 6.07) is 9.36. The first-order valence-electron chi connectivity index (χ1n) is 7.25. The molecule has 22 heavy (non-hydrogen) atoms. The van der Waals surface area contributed by atoms with Crippen LogP contribution in [0.5, 0.6) is 0 Å². The van der Waals surface area contributed by atoms with Crippen molar-refractivity contribution >= 4 is 17.3 Å². The van der Waals surface area contributed by atoms with E-state index in [2.05, 4.69) is 6.58 Å². The van der Waals surface area contributed by atoms with E-state index in [1.54, 1.807) is 26.8 Å². The van der Waals surface area contributed by atoms with Crippen LogP contribution in [-0.4, -0.2) is 28.9 Å². The average molecular weight is 299 g/mol. The molecule has 0 saturated carbocycles. The zero-order valence-electron chi connectivity index (χ0n) is 13.3. The van der Waals surface area contributed by atoms with Crippen LogP contribution < -0.4 is 0 Å². The molecule has 0 aromatic heterocycles. The second-order valence-corrected chi connectivity index (χ2v) is 5.78. The SMILES string of the molecule is C=CCC(=O)C(C)(C)N1COC(C)=C(c2ccccc2)C1=O. The maximum Gasteiger partial charge on any atom is 0.261 e. The van der Waals surface area contributed by atoms with Crippen LogP contribution in [-0.2, 0) is 14.3 Å². The number of hydrogen-bond donors (Lipinski definition) is 0. The lowest BCUT2D eigenvalue weighted by molar-refractivity contribution is -0.148. The van der Waals surface area contributed by atoms with Gasteiger partial charge in [-0.05, 0) is 26.3 Å². The third-order valence-corrected chi connectivity index (χ3v) is 3.97. The first-order chi connectivity index (χ1) is 10.4. The maximum absolute atomic E-state index is 12.9. The third-order valence-electron chi connectivity index (χ3n) is 3.97. The van der Waals surface area contributed by atoms with Crippen molar-refractivity contribution < 1.29 is 14.3 Å². The molecule has 0 radical (unpaired) electrons. The van der Waals surface area contributed by atoms with Gasteiger partial charge in [0.2, 0.25) is 0 Å². The first kappa shape index (κ1) is 16.0. The highest BCUT2D eigenvalue weighted by Crippen LogP contribution is 2.31. The van der Waals surface area contributed by atoms with Gasteiger partial charge >= 0.3 is 0 Å². The Morgan fingerprint density at radius 3 is 2.59 bits per heavy atom. The molecular weight excluding hydrogens is 278 g/mol. The Balaban J connectivity index is 2.38. The summed E-state index contributed by atoms with van der Waals surface area (Å²) in [5.41, 5.74) is 0.361. The number of rotatable bonds is 5. The second-order valence-electron chi connectivity index (χ2n) is 5.78. The fourth-order valence-corrected chi connectivity index (χ4v) is 2.46. The molecule has 0 fully saturated rings. The van der Waals surface area contributed by atoms with E-state index in [0.29, 0.717) is 11.3 Å². The quantitative estimate of drug-likeness (QED) is 0.785. The summed E-state index contributed by atoms with van der Waals surface area (Å²) in [5, 5.41) is 0. The van der Waals surface area contributed by atoms with Crippen molar-refractivity contribution in [2.24, 2.45) is 0 Å². The molecule has 0 aliphatic carbocycles. The Kier molecular flexibility index (Phi) is 4.50. The van der Waals surface area contributed by atoms with Gasteiger partial charge in [-0.15, -0.1) is 6.58 Å². The summed E-state index contributed by atoms with van der Waals surface area (Å²) in [7, 11) is 0. The van der Waals surface area contributed by atoms with Gasteiger partial charge in [-0.1, -0.05) is 36.4 Å². The van der Waals surface area contributed by atoms with Crippen LogP contribution in [0.2, 0.25) is 0 Å². The van der Waals surface area contributed by atoms with Crippen molar-refractivity contribution in [2.75, 3.05) is 6.73 Å². The third kappa shape index (κ3) is 2.82. The van der Waals surface area contributed by atoms with Crippen LogP contribution in [0.4, 0.5) is 0 Å². The molecule has 0 atom stereocenters. The molecule has 0 saturated heterocycles. The maximum atomic E-state index is 12.9. The minimum absolute atomic E-state index is 0.0635. The Morgan fingerprint density at radius 1 is 1.36 bits per heavy atom. The Labute approximate surface area is 131 Å². The zero-order valence-corrected chi connectivity index (χ0v) is 13.3. The van der Waals surface area contributed by atoms with Crippen molar-refractivity contribution in [3.05, 3.63) is 54.3 Å². The number of carbonyl (C=O) groups is 2. The summed E-state index contributed by atoms with van der Waals surface area (Å²) < 4.78 is 5.65. The summed E-state index contributed by atoms with van der Waals surface area (Å²) in [4.78, 5) is 26.7. The number of benzene rings is 1. The average Bonchev–Trinajstić information content (AvgIpc) is 2.48. The molecule has 4 nitrogen and oxygen atoms in total. The Hall–Kier alpha value is -2.36. The molecule has 1 aliphatic heterocycles. The lowest BCUT2D eigenvalue weighted by Crippen LogP contribution is -2.55. The molecule has 0 bridgehead atoms. The van der Waals surface area contributed by atoms with Crippen LogP contribution in [0.3, 0.4) is 0 Å². The number of carbonyl (C=O) groups excluding carboxylic acids is 2. The molecule has 1 aliphatic rings. The number of allylic oxidation sites excluding steroid dienone is 2. The van der Waals surface area contributed by atoms with E-state index < -0.39 is 5.54 Å². The van der Waals surface area contributed by atoms with Gasteiger partial charge in [0.1, 0.15) is 5.76 Å². The molecule has 1 aromatic carbocycles. The van der Waals surface area contributed by atoms with Crippen LogP contribution in [0.25, 0.3) is 5.57 Å². The fourth-order valence-electron chi connectivity index (χ4n) is 2.46. The van der Waals surface area contributed by atoms with Gasteiger partial charge in [0, 0.05) is 6.42 Å². The number of nitrogens with zero attached hydrogens (tertiary/aromatic N) is 1. The zero-order chi connectivity index (χ0) is 16.3. The number of amides is 1. The fraction of sp³-hybridized carbons (Fsp3) is 0.333.